The third kappa shape index (κ3) is 4.21. The predicted octanol–water partition coefficient (Wildman–Crippen LogP) is 6.15. The minimum absolute atomic E-state index is 0.126. The van der Waals surface area contributed by atoms with Crippen LogP contribution in [-0.4, -0.2) is 41.9 Å². The van der Waals surface area contributed by atoms with Crippen LogP contribution >= 0.6 is 15.9 Å². The van der Waals surface area contributed by atoms with Gasteiger partial charge in [0.15, 0.2) is 0 Å². The van der Waals surface area contributed by atoms with Crippen molar-refractivity contribution in [2.24, 2.45) is 0 Å². The molecule has 1 unspecified atom stereocenters. The molecule has 1 heterocycles. The summed E-state index contributed by atoms with van der Waals surface area (Å²) in [5, 5.41) is 2.14. The molecule has 4 aromatic rings. The Hall–Kier alpha value is -2.95. The zero-order valence-electron chi connectivity index (χ0n) is 17.8. The summed E-state index contributed by atoms with van der Waals surface area (Å²) in [6.45, 7) is 3.13. The second-order valence-electron chi connectivity index (χ2n) is 8.22. The van der Waals surface area contributed by atoms with E-state index in [0.29, 0.717) is 0 Å². The van der Waals surface area contributed by atoms with E-state index in [2.05, 4.69) is 87.6 Å². The van der Waals surface area contributed by atoms with Gasteiger partial charge in [0.25, 0.3) is 5.91 Å². The number of benzene rings is 4. The van der Waals surface area contributed by atoms with E-state index in [1.165, 1.54) is 11.1 Å². The van der Waals surface area contributed by atoms with E-state index in [1.807, 2.05) is 35.2 Å². The lowest BCUT2D eigenvalue weighted by Gasteiger charge is -2.40. The van der Waals surface area contributed by atoms with Gasteiger partial charge in [-0.3, -0.25) is 9.69 Å². The quantitative estimate of drug-likeness (QED) is 0.346. The molecule has 160 valence electrons. The van der Waals surface area contributed by atoms with Gasteiger partial charge in [0.1, 0.15) is 0 Å². The first-order valence-corrected chi connectivity index (χ1v) is 11.8. The Balaban J connectivity index is 1.37. The van der Waals surface area contributed by atoms with Crippen molar-refractivity contribution in [2.45, 2.75) is 6.04 Å². The van der Waals surface area contributed by atoms with E-state index < -0.39 is 0 Å². The number of halogens is 1. The van der Waals surface area contributed by atoms with E-state index in [4.69, 9.17) is 0 Å². The Morgan fingerprint density at radius 2 is 1.31 bits per heavy atom. The Morgan fingerprint density at radius 1 is 0.688 bits per heavy atom. The molecule has 1 fully saturated rings. The minimum atomic E-state index is 0.126. The Labute approximate surface area is 197 Å². The normalized spacial score (nSPS) is 15.6. The maximum absolute atomic E-state index is 13.4. The predicted molar refractivity (Wildman–Crippen MR) is 134 cm³/mol. The fourth-order valence-corrected chi connectivity index (χ4v) is 4.92. The molecule has 0 aromatic heterocycles. The number of hydrogen-bond acceptors (Lipinski definition) is 2. The van der Waals surface area contributed by atoms with Gasteiger partial charge in [-0.2, -0.15) is 0 Å². The molecule has 1 aliphatic heterocycles. The van der Waals surface area contributed by atoms with Crippen LogP contribution in [-0.2, 0) is 0 Å². The molecule has 0 bridgehead atoms. The molecule has 4 heteroatoms. The summed E-state index contributed by atoms with van der Waals surface area (Å²) in [6, 6.07) is 33.5. The number of amides is 1. The molecular formula is C28H25BrN2O. The zero-order chi connectivity index (χ0) is 21.9. The van der Waals surface area contributed by atoms with Crippen molar-refractivity contribution >= 4 is 32.6 Å². The van der Waals surface area contributed by atoms with E-state index in [1.54, 1.807) is 0 Å². The summed E-state index contributed by atoms with van der Waals surface area (Å²) in [4.78, 5) is 17.9. The molecule has 5 rings (SSSR count). The average Bonchev–Trinajstić information content (AvgIpc) is 2.86. The van der Waals surface area contributed by atoms with Crippen molar-refractivity contribution in [1.82, 2.24) is 9.80 Å². The molecule has 1 aliphatic rings. The van der Waals surface area contributed by atoms with Gasteiger partial charge in [-0.15, -0.1) is 0 Å². The summed E-state index contributed by atoms with van der Waals surface area (Å²) in [6.07, 6.45) is 0. The smallest absolute Gasteiger partial charge is 0.254 e. The van der Waals surface area contributed by atoms with Crippen LogP contribution in [0.2, 0.25) is 0 Å². The van der Waals surface area contributed by atoms with Crippen LogP contribution in [0.5, 0.6) is 0 Å². The average molecular weight is 485 g/mol. The first kappa shape index (κ1) is 20.9. The first-order valence-electron chi connectivity index (χ1n) is 11.0. The van der Waals surface area contributed by atoms with Crippen LogP contribution in [0, 0.1) is 0 Å². The molecule has 0 saturated carbocycles. The molecule has 32 heavy (non-hydrogen) atoms. The van der Waals surface area contributed by atoms with E-state index >= 15 is 0 Å². The van der Waals surface area contributed by atoms with Crippen molar-refractivity contribution in [3.63, 3.8) is 0 Å². The molecule has 0 N–H and O–H groups in total. The highest BCUT2D eigenvalue weighted by atomic mass is 79.9. The number of nitrogens with zero attached hydrogens (tertiary/aromatic N) is 2. The summed E-state index contributed by atoms with van der Waals surface area (Å²) in [5.74, 6) is 0.126. The van der Waals surface area contributed by atoms with E-state index in [0.717, 1.165) is 47.0 Å². The lowest BCUT2D eigenvalue weighted by Crippen LogP contribution is -2.49. The fourth-order valence-electron chi connectivity index (χ4n) is 4.66. The van der Waals surface area contributed by atoms with Gasteiger partial charge in [0, 0.05) is 36.2 Å². The number of rotatable bonds is 4. The SMILES string of the molecule is O=C(c1cccc2ccccc12)N1CCN(C(c2ccccc2)c2ccc(Br)cc2)CC1. The molecule has 1 atom stereocenters. The third-order valence-corrected chi connectivity index (χ3v) is 6.82. The van der Waals surface area contributed by atoms with Crippen molar-refractivity contribution in [1.29, 1.82) is 0 Å². The van der Waals surface area contributed by atoms with Gasteiger partial charge in [-0.05, 0) is 40.1 Å². The third-order valence-electron chi connectivity index (χ3n) is 6.29. The number of piperazine rings is 1. The fraction of sp³-hybridized carbons (Fsp3) is 0.179. The largest absolute Gasteiger partial charge is 0.336 e. The second-order valence-corrected chi connectivity index (χ2v) is 9.14. The zero-order valence-corrected chi connectivity index (χ0v) is 19.4. The lowest BCUT2D eigenvalue weighted by atomic mass is 9.96. The van der Waals surface area contributed by atoms with Crippen LogP contribution < -0.4 is 0 Å². The topological polar surface area (TPSA) is 23.6 Å². The second kappa shape index (κ2) is 9.27. The van der Waals surface area contributed by atoms with Crippen LogP contribution in [0.4, 0.5) is 0 Å². The van der Waals surface area contributed by atoms with Gasteiger partial charge in [0.05, 0.1) is 6.04 Å². The van der Waals surface area contributed by atoms with Crippen LogP contribution in [0.3, 0.4) is 0 Å². The molecule has 4 aromatic carbocycles. The highest BCUT2D eigenvalue weighted by molar-refractivity contribution is 9.10. The van der Waals surface area contributed by atoms with Gasteiger partial charge in [-0.25, -0.2) is 0 Å². The van der Waals surface area contributed by atoms with E-state index in [9.17, 15) is 4.79 Å². The molecule has 0 aliphatic carbocycles. The summed E-state index contributed by atoms with van der Waals surface area (Å²) < 4.78 is 1.08. The van der Waals surface area contributed by atoms with Gasteiger partial charge < -0.3 is 4.90 Å². The number of fused-ring (bicyclic) bond motifs is 1. The molecule has 1 amide bonds. The van der Waals surface area contributed by atoms with Crippen molar-refractivity contribution in [3.8, 4) is 0 Å². The molecule has 0 radical (unpaired) electrons. The molecular weight excluding hydrogens is 460 g/mol. The van der Waals surface area contributed by atoms with Crippen molar-refractivity contribution in [2.75, 3.05) is 26.2 Å². The number of carbonyl (C=O) groups excluding carboxylic acids is 1. The minimum Gasteiger partial charge on any atom is -0.336 e. The lowest BCUT2D eigenvalue weighted by molar-refractivity contribution is 0.0599. The van der Waals surface area contributed by atoms with Crippen LogP contribution in [0.1, 0.15) is 27.5 Å². The van der Waals surface area contributed by atoms with Gasteiger partial charge >= 0.3 is 0 Å². The van der Waals surface area contributed by atoms with Crippen molar-refractivity contribution < 1.29 is 4.79 Å². The van der Waals surface area contributed by atoms with Gasteiger partial charge in [0.2, 0.25) is 0 Å². The van der Waals surface area contributed by atoms with E-state index in [-0.39, 0.29) is 11.9 Å². The highest BCUT2D eigenvalue weighted by Gasteiger charge is 2.29. The van der Waals surface area contributed by atoms with Gasteiger partial charge in [-0.1, -0.05) is 94.8 Å². The standard InChI is InChI=1S/C28H25BrN2O/c29-24-15-13-23(14-16-24)27(22-8-2-1-3-9-22)30-17-19-31(20-18-30)28(32)26-12-6-10-21-7-4-5-11-25(21)26/h1-16,27H,17-20H2. The molecule has 0 spiro atoms. The molecule has 1 saturated heterocycles. The first-order chi connectivity index (χ1) is 15.7. The Kier molecular flexibility index (Phi) is 6.06. The summed E-state index contributed by atoms with van der Waals surface area (Å²) in [7, 11) is 0. The number of carbonyl (C=O) groups is 1. The number of hydrogen-bond donors (Lipinski definition) is 0. The maximum atomic E-state index is 13.4. The van der Waals surface area contributed by atoms with Crippen molar-refractivity contribution in [3.05, 3.63) is 118 Å². The summed E-state index contributed by atoms with van der Waals surface area (Å²) in [5.41, 5.74) is 3.35. The van der Waals surface area contributed by atoms with Crippen LogP contribution in [0.15, 0.2) is 102 Å². The van der Waals surface area contributed by atoms with Crippen LogP contribution in [0.25, 0.3) is 10.8 Å². The highest BCUT2D eigenvalue weighted by Crippen LogP contribution is 2.31. The molecule has 3 nitrogen and oxygen atoms in total. The Morgan fingerprint density at radius 3 is 2.06 bits per heavy atom. The monoisotopic (exact) mass is 484 g/mol. The summed E-state index contributed by atoms with van der Waals surface area (Å²) >= 11 is 3.55. The Bertz CT molecular complexity index is 1210. The maximum Gasteiger partial charge on any atom is 0.254 e.